The van der Waals surface area contributed by atoms with Crippen LogP contribution in [0.3, 0.4) is 0 Å². The smallest absolute Gasteiger partial charge is 0.220 e. The standard InChI is InChI=1S/C16H11Cl2N3O2/c17-10-1-3-12(4-2-10)23-15-6-5-13(16(18)21-15)14(22)7-11-8-19-9-20-11/h1-6,8-9,11H,7H2. The molecule has 1 atom stereocenters. The predicted molar refractivity (Wildman–Crippen MR) is 90.5 cm³/mol. The fraction of sp³-hybridized carbons (Fsp3) is 0.125. The number of halogens is 2. The summed E-state index contributed by atoms with van der Waals surface area (Å²) in [6.07, 6.45) is 3.26. The van der Waals surface area contributed by atoms with E-state index in [-0.39, 0.29) is 23.4 Å². The molecule has 1 unspecified atom stereocenters. The van der Waals surface area contributed by atoms with Gasteiger partial charge in [0.05, 0.1) is 11.6 Å². The third-order valence-electron chi connectivity index (χ3n) is 3.14. The zero-order valence-electron chi connectivity index (χ0n) is 11.8. The summed E-state index contributed by atoms with van der Waals surface area (Å²) in [6.45, 7) is 0. The van der Waals surface area contributed by atoms with Gasteiger partial charge in [0.25, 0.3) is 0 Å². The second-order valence-corrected chi connectivity index (χ2v) is 5.60. The number of carbonyl (C=O) groups excluding carboxylic acids is 1. The Labute approximate surface area is 142 Å². The average Bonchev–Trinajstić information content (AvgIpc) is 3.02. The number of aliphatic imine (C=N–C) groups is 2. The third-order valence-corrected chi connectivity index (χ3v) is 3.68. The fourth-order valence-corrected chi connectivity index (χ4v) is 2.39. The molecule has 0 N–H and O–H groups in total. The summed E-state index contributed by atoms with van der Waals surface area (Å²) >= 11 is 11.9. The topological polar surface area (TPSA) is 63.9 Å². The Kier molecular flexibility index (Phi) is 4.69. The Morgan fingerprint density at radius 2 is 1.91 bits per heavy atom. The molecule has 0 bridgehead atoms. The first-order valence-electron chi connectivity index (χ1n) is 6.80. The number of pyridine rings is 1. The number of Topliss-reactive ketones (excluding diaryl/α,β-unsaturated/α-hetero) is 1. The average molecular weight is 348 g/mol. The molecule has 0 spiro atoms. The quantitative estimate of drug-likeness (QED) is 0.600. The van der Waals surface area contributed by atoms with Crippen molar-refractivity contribution in [2.24, 2.45) is 9.98 Å². The fourth-order valence-electron chi connectivity index (χ4n) is 2.01. The summed E-state index contributed by atoms with van der Waals surface area (Å²) in [5.41, 5.74) is 0.339. The van der Waals surface area contributed by atoms with Crippen molar-refractivity contribution < 1.29 is 9.53 Å². The highest BCUT2D eigenvalue weighted by atomic mass is 35.5. The molecule has 5 nitrogen and oxygen atoms in total. The van der Waals surface area contributed by atoms with Crippen molar-refractivity contribution in [2.75, 3.05) is 0 Å². The molecular weight excluding hydrogens is 337 g/mol. The minimum absolute atomic E-state index is 0.0976. The molecule has 7 heteroatoms. The van der Waals surface area contributed by atoms with Gasteiger partial charge in [-0.3, -0.25) is 9.79 Å². The Bertz CT molecular complexity index is 776. The highest BCUT2D eigenvalue weighted by Gasteiger charge is 2.18. The van der Waals surface area contributed by atoms with E-state index < -0.39 is 0 Å². The molecule has 3 rings (SSSR count). The number of aromatic nitrogens is 1. The van der Waals surface area contributed by atoms with E-state index in [9.17, 15) is 4.79 Å². The van der Waals surface area contributed by atoms with Crippen LogP contribution in [-0.2, 0) is 0 Å². The van der Waals surface area contributed by atoms with Crippen LogP contribution >= 0.6 is 23.2 Å². The van der Waals surface area contributed by atoms with Gasteiger partial charge in [0.1, 0.15) is 17.2 Å². The van der Waals surface area contributed by atoms with Crippen molar-refractivity contribution in [3.8, 4) is 11.6 Å². The van der Waals surface area contributed by atoms with Crippen LogP contribution in [0.5, 0.6) is 11.6 Å². The Morgan fingerprint density at radius 1 is 1.13 bits per heavy atom. The van der Waals surface area contributed by atoms with Gasteiger partial charge >= 0.3 is 0 Å². The molecule has 0 radical (unpaired) electrons. The Hall–Kier alpha value is -2.24. The number of carbonyl (C=O) groups is 1. The Balaban J connectivity index is 1.72. The number of rotatable bonds is 5. The van der Waals surface area contributed by atoms with Crippen LogP contribution in [-0.4, -0.2) is 29.4 Å². The maximum Gasteiger partial charge on any atom is 0.220 e. The lowest BCUT2D eigenvalue weighted by molar-refractivity contribution is 0.0981. The lowest BCUT2D eigenvalue weighted by atomic mass is 10.1. The number of hydrogen-bond donors (Lipinski definition) is 0. The monoisotopic (exact) mass is 347 g/mol. The molecule has 0 fully saturated rings. The maximum atomic E-state index is 12.2. The molecule has 1 aliphatic rings. The third kappa shape index (κ3) is 3.94. The molecule has 0 saturated heterocycles. The van der Waals surface area contributed by atoms with Crippen LogP contribution < -0.4 is 4.74 Å². The van der Waals surface area contributed by atoms with Crippen LogP contribution in [0, 0.1) is 0 Å². The normalized spacial score (nSPS) is 15.8. The summed E-state index contributed by atoms with van der Waals surface area (Å²) in [4.78, 5) is 24.2. The molecule has 116 valence electrons. The van der Waals surface area contributed by atoms with Gasteiger partial charge in [-0.2, -0.15) is 0 Å². The number of hydrogen-bond acceptors (Lipinski definition) is 5. The van der Waals surface area contributed by atoms with Crippen molar-refractivity contribution in [1.82, 2.24) is 4.98 Å². The van der Waals surface area contributed by atoms with Gasteiger partial charge in [-0.15, -0.1) is 0 Å². The van der Waals surface area contributed by atoms with Crippen LogP contribution in [0.2, 0.25) is 10.2 Å². The summed E-state index contributed by atoms with van der Waals surface area (Å²) in [6, 6.07) is 9.81. The van der Waals surface area contributed by atoms with Crippen LogP contribution in [0.4, 0.5) is 0 Å². The second kappa shape index (κ2) is 6.89. The van der Waals surface area contributed by atoms with E-state index in [1.165, 1.54) is 6.34 Å². The van der Waals surface area contributed by atoms with Crippen molar-refractivity contribution in [3.05, 3.63) is 52.1 Å². The number of nitrogens with zero attached hydrogens (tertiary/aromatic N) is 3. The minimum atomic E-state index is -0.233. The minimum Gasteiger partial charge on any atom is -0.439 e. The summed E-state index contributed by atoms with van der Waals surface area (Å²) < 4.78 is 5.57. The van der Waals surface area contributed by atoms with Crippen LogP contribution in [0.1, 0.15) is 16.8 Å². The first-order valence-corrected chi connectivity index (χ1v) is 7.55. The first-order chi connectivity index (χ1) is 11.1. The highest BCUT2D eigenvalue weighted by molar-refractivity contribution is 6.33. The van der Waals surface area contributed by atoms with E-state index in [1.54, 1.807) is 42.6 Å². The van der Waals surface area contributed by atoms with E-state index in [4.69, 9.17) is 27.9 Å². The number of benzene rings is 1. The lowest BCUT2D eigenvalue weighted by Gasteiger charge is -2.08. The summed E-state index contributed by atoms with van der Waals surface area (Å²) in [5.74, 6) is 0.735. The second-order valence-electron chi connectivity index (χ2n) is 4.80. The number of ether oxygens (including phenoxy) is 1. The van der Waals surface area contributed by atoms with Gasteiger partial charge in [0.2, 0.25) is 5.88 Å². The molecule has 1 aromatic heterocycles. The molecule has 23 heavy (non-hydrogen) atoms. The first kappa shape index (κ1) is 15.6. The van der Waals surface area contributed by atoms with Crippen molar-refractivity contribution in [1.29, 1.82) is 0 Å². The molecule has 0 aliphatic carbocycles. The van der Waals surface area contributed by atoms with Gasteiger partial charge in [-0.25, -0.2) is 9.98 Å². The zero-order valence-corrected chi connectivity index (χ0v) is 13.3. The molecule has 2 aromatic rings. The van der Waals surface area contributed by atoms with Crippen molar-refractivity contribution in [2.45, 2.75) is 12.5 Å². The van der Waals surface area contributed by atoms with Gasteiger partial charge < -0.3 is 4.74 Å². The van der Waals surface area contributed by atoms with Crippen LogP contribution in [0.25, 0.3) is 0 Å². The van der Waals surface area contributed by atoms with E-state index in [2.05, 4.69) is 15.0 Å². The van der Waals surface area contributed by atoms with Gasteiger partial charge in [-0.05, 0) is 30.3 Å². The molecule has 2 heterocycles. The van der Waals surface area contributed by atoms with E-state index in [1.807, 2.05) is 0 Å². The molecular formula is C16H11Cl2N3O2. The van der Waals surface area contributed by atoms with Gasteiger partial charge in [0.15, 0.2) is 5.78 Å². The number of ketones is 1. The van der Waals surface area contributed by atoms with E-state index in [0.29, 0.717) is 22.2 Å². The molecule has 1 aliphatic heterocycles. The van der Waals surface area contributed by atoms with Gasteiger partial charge in [0, 0.05) is 23.7 Å². The molecule has 0 saturated carbocycles. The van der Waals surface area contributed by atoms with Gasteiger partial charge in [-0.1, -0.05) is 23.2 Å². The highest BCUT2D eigenvalue weighted by Crippen LogP contribution is 2.25. The van der Waals surface area contributed by atoms with E-state index >= 15 is 0 Å². The summed E-state index contributed by atoms with van der Waals surface area (Å²) in [7, 11) is 0. The Morgan fingerprint density at radius 3 is 2.57 bits per heavy atom. The largest absolute Gasteiger partial charge is 0.439 e. The molecule has 0 amide bonds. The lowest BCUT2D eigenvalue weighted by Crippen LogP contribution is -2.12. The van der Waals surface area contributed by atoms with Crippen molar-refractivity contribution in [3.63, 3.8) is 0 Å². The summed E-state index contributed by atoms with van der Waals surface area (Å²) in [5, 5.41) is 0.711. The van der Waals surface area contributed by atoms with E-state index in [0.717, 1.165) is 0 Å². The van der Waals surface area contributed by atoms with Crippen LogP contribution in [0.15, 0.2) is 46.4 Å². The SMILES string of the molecule is O=C(CC1C=NC=N1)c1ccc(Oc2ccc(Cl)cc2)nc1Cl. The predicted octanol–water partition coefficient (Wildman–Crippen LogP) is 4.23. The molecule has 1 aromatic carbocycles. The van der Waals surface area contributed by atoms with Crippen molar-refractivity contribution >= 4 is 41.5 Å². The zero-order chi connectivity index (χ0) is 16.2. The maximum absolute atomic E-state index is 12.2.